The number of alkyl halides is 1. The summed E-state index contributed by atoms with van der Waals surface area (Å²) in [4.78, 5) is 12.1. The van der Waals surface area contributed by atoms with Crippen molar-refractivity contribution in [3.63, 3.8) is 0 Å². The van der Waals surface area contributed by atoms with Gasteiger partial charge in [0.1, 0.15) is 5.67 Å². The number of hydrogen-bond donors (Lipinski definition) is 2. The molecule has 0 bridgehead atoms. The van der Waals surface area contributed by atoms with Crippen LogP contribution in [0.2, 0.25) is 0 Å². The highest BCUT2D eigenvalue weighted by atomic mass is 19.1. The smallest absolute Gasteiger partial charge is 0.272 e. The SMILES string of the molecule is CC(C)(F)[C@@H](CO)NC(=O)C1=C2C=C3CC3=C2N=N1. The van der Waals surface area contributed by atoms with Gasteiger partial charge in [0.15, 0.2) is 5.70 Å². The number of aliphatic hydroxyl groups is 1. The molecule has 1 heterocycles. The largest absolute Gasteiger partial charge is 0.394 e. The number of hydrogen-bond acceptors (Lipinski definition) is 4. The maximum atomic E-state index is 13.8. The molecule has 100 valence electrons. The topological polar surface area (TPSA) is 74.0 Å². The molecule has 0 saturated heterocycles. The highest BCUT2D eigenvalue weighted by molar-refractivity contribution is 5.97. The predicted octanol–water partition coefficient (Wildman–Crippen LogP) is 1.53. The highest BCUT2D eigenvalue weighted by Gasteiger charge is 2.39. The minimum Gasteiger partial charge on any atom is -0.394 e. The van der Waals surface area contributed by atoms with Crippen LogP contribution < -0.4 is 5.32 Å². The summed E-state index contributed by atoms with van der Waals surface area (Å²) in [5, 5.41) is 19.4. The molecule has 0 aromatic rings. The van der Waals surface area contributed by atoms with E-state index in [-0.39, 0.29) is 5.70 Å². The van der Waals surface area contributed by atoms with Gasteiger partial charge in [0.25, 0.3) is 5.91 Å². The lowest BCUT2D eigenvalue weighted by atomic mass is 10.0. The minimum atomic E-state index is -1.71. The van der Waals surface area contributed by atoms with Gasteiger partial charge in [0.05, 0.1) is 18.3 Å². The second-order valence-corrected chi connectivity index (χ2v) is 5.41. The number of halogens is 1. The molecule has 0 aromatic heterocycles. The van der Waals surface area contributed by atoms with Crippen molar-refractivity contribution in [3.05, 3.63) is 34.2 Å². The number of fused-ring (bicyclic) bond motifs is 2. The summed E-state index contributed by atoms with van der Waals surface area (Å²) in [6, 6.07) is -0.969. The molecule has 3 rings (SSSR count). The molecule has 19 heavy (non-hydrogen) atoms. The zero-order chi connectivity index (χ0) is 13.8. The van der Waals surface area contributed by atoms with Gasteiger partial charge in [-0.25, -0.2) is 4.39 Å². The van der Waals surface area contributed by atoms with E-state index in [1.807, 2.05) is 6.08 Å². The fourth-order valence-electron chi connectivity index (χ4n) is 2.20. The number of carbonyl (C=O) groups is 1. The van der Waals surface area contributed by atoms with Gasteiger partial charge in [0, 0.05) is 12.0 Å². The van der Waals surface area contributed by atoms with E-state index in [2.05, 4.69) is 15.5 Å². The quantitative estimate of drug-likeness (QED) is 0.807. The van der Waals surface area contributed by atoms with Crippen LogP contribution in [0.3, 0.4) is 0 Å². The normalized spacial score (nSPS) is 21.4. The van der Waals surface area contributed by atoms with Crippen LogP contribution in [0, 0.1) is 0 Å². The van der Waals surface area contributed by atoms with Gasteiger partial charge in [-0.05, 0) is 31.1 Å². The van der Waals surface area contributed by atoms with Crippen molar-refractivity contribution >= 4 is 5.91 Å². The molecule has 5 nitrogen and oxygen atoms in total. The number of azo groups is 1. The molecule has 1 fully saturated rings. The minimum absolute atomic E-state index is 0.199. The van der Waals surface area contributed by atoms with Crippen LogP contribution in [-0.2, 0) is 4.79 Å². The Bertz CT molecular complexity index is 593. The number of amides is 1. The Kier molecular flexibility index (Phi) is 2.47. The average Bonchev–Trinajstić information content (AvgIpc) is 2.82. The second-order valence-electron chi connectivity index (χ2n) is 5.41. The molecule has 0 unspecified atom stereocenters. The Morgan fingerprint density at radius 3 is 2.95 bits per heavy atom. The molecule has 6 heteroatoms. The molecule has 0 aromatic carbocycles. The number of aliphatic hydroxyl groups excluding tert-OH is 1. The number of nitrogens with one attached hydrogen (secondary N) is 1. The summed E-state index contributed by atoms with van der Waals surface area (Å²) in [5.41, 5.74) is 2.31. The van der Waals surface area contributed by atoms with Gasteiger partial charge in [-0.1, -0.05) is 0 Å². The Morgan fingerprint density at radius 2 is 2.32 bits per heavy atom. The number of rotatable bonds is 4. The molecule has 2 aliphatic carbocycles. The van der Waals surface area contributed by atoms with Crippen LogP contribution in [-0.4, -0.2) is 29.3 Å². The van der Waals surface area contributed by atoms with Gasteiger partial charge in [-0.15, -0.1) is 10.2 Å². The molecule has 1 saturated carbocycles. The van der Waals surface area contributed by atoms with Crippen LogP contribution in [0.15, 0.2) is 44.4 Å². The average molecular weight is 263 g/mol. The van der Waals surface area contributed by atoms with E-state index in [1.54, 1.807) is 0 Å². The predicted molar refractivity (Wildman–Crippen MR) is 65.8 cm³/mol. The molecule has 0 radical (unpaired) electrons. The summed E-state index contributed by atoms with van der Waals surface area (Å²) in [7, 11) is 0. The molecular formula is C13H14FN3O2. The van der Waals surface area contributed by atoms with Gasteiger partial charge < -0.3 is 10.4 Å². The van der Waals surface area contributed by atoms with Crippen molar-refractivity contribution < 1.29 is 14.3 Å². The zero-order valence-electron chi connectivity index (χ0n) is 10.7. The Morgan fingerprint density at radius 1 is 1.58 bits per heavy atom. The highest BCUT2D eigenvalue weighted by Crippen LogP contribution is 2.51. The molecular weight excluding hydrogens is 249 g/mol. The van der Waals surface area contributed by atoms with E-state index in [9.17, 15) is 9.18 Å². The van der Waals surface area contributed by atoms with Crippen molar-refractivity contribution in [3.8, 4) is 0 Å². The molecule has 1 amide bonds. The molecule has 2 N–H and O–H groups in total. The third-order valence-corrected chi connectivity index (χ3v) is 3.53. The lowest BCUT2D eigenvalue weighted by Crippen LogP contribution is -2.49. The van der Waals surface area contributed by atoms with Crippen molar-refractivity contribution in [2.45, 2.75) is 32.0 Å². The summed E-state index contributed by atoms with van der Waals surface area (Å²) < 4.78 is 13.8. The van der Waals surface area contributed by atoms with Crippen molar-refractivity contribution in [1.82, 2.24) is 5.32 Å². The second kappa shape index (κ2) is 3.84. The number of nitrogens with zero attached hydrogens (tertiary/aromatic N) is 2. The number of carbonyl (C=O) groups excluding carboxylic acids is 1. The maximum absolute atomic E-state index is 13.8. The first-order chi connectivity index (χ1) is 8.91. The summed E-state index contributed by atoms with van der Waals surface area (Å²) in [6.07, 6.45) is 2.82. The zero-order valence-corrected chi connectivity index (χ0v) is 10.7. The molecule has 1 aliphatic heterocycles. The monoisotopic (exact) mass is 263 g/mol. The third kappa shape index (κ3) is 1.92. The first-order valence-corrected chi connectivity index (χ1v) is 6.13. The van der Waals surface area contributed by atoms with Crippen LogP contribution in [0.25, 0.3) is 0 Å². The van der Waals surface area contributed by atoms with E-state index in [0.29, 0.717) is 5.57 Å². The Balaban J connectivity index is 1.80. The van der Waals surface area contributed by atoms with Gasteiger partial charge in [-0.2, -0.15) is 0 Å². The van der Waals surface area contributed by atoms with Crippen LogP contribution >= 0.6 is 0 Å². The lowest BCUT2D eigenvalue weighted by Gasteiger charge is -2.25. The third-order valence-electron chi connectivity index (χ3n) is 3.53. The van der Waals surface area contributed by atoms with E-state index in [1.165, 1.54) is 19.4 Å². The maximum Gasteiger partial charge on any atom is 0.272 e. The van der Waals surface area contributed by atoms with Gasteiger partial charge in [-0.3, -0.25) is 4.79 Å². The fourth-order valence-corrected chi connectivity index (χ4v) is 2.20. The molecule has 3 aliphatic rings. The fraction of sp³-hybridized carbons (Fsp3) is 0.462. The van der Waals surface area contributed by atoms with Gasteiger partial charge >= 0.3 is 0 Å². The first-order valence-electron chi connectivity index (χ1n) is 6.13. The van der Waals surface area contributed by atoms with E-state index in [0.717, 1.165) is 17.7 Å². The van der Waals surface area contributed by atoms with Crippen molar-refractivity contribution in [2.24, 2.45) is 10.2 Å². The van der Waals surface area contributed by atoms with E-state index in [4.69, 9.17) is 5.11 Å². The molecule has 0 spiro atoms. The van der Waals surface area contributed by atoms with Crippen LogP contribution in [0.5, 0.6) is 0 Å². The summed E-state index contributed by atoms with van der Waals surface area (Å²) in [5.74, 6) is -0.503. The molecule has 1 atom stereocenters. The van der Waals surface area contributed by atoms with E-state index < -0.39 is 24.2 Å². The van der Waals surface area contributed by atoms with Gasteiger partial charge in [0.2, 0.25) is 0 Å². The Hall–Kier alpha value is -1.82. The standard InChI is InChI=1S/C13H14FN3O2/c1-13(2,14)9(5-18)15-12(19)11-8-4-6-3-7(6)10(8)16-17-11/h4,9,18H,3,5H2,1-2H3,(H,15,19)/t9-/m1/s1. The first kappa shape index (κ1) is 12.2. The lowest BCUT2D eigenvalue weighted by molar-refractivity contribution is -0.119. The van der Waals surface area contributed by atoms with Crippen LogP contribution in [0.1, 0.15) is 20.3 Å². The van der Waals surface area contributed by atoms with E-state index >= 15 is 0 Å². The summed E-state index contributed by atoms with van der Waals surface area (Å²) in [6.45, 7) is 2.15. The number of allylic oxidation sites excluding steroid dienone is 3. The van der Waals surface area contributed by atoms with Crippen molar-refractivity contribution in [1.29, 1.82) is 0 Å². The van der Waals surface area contributed by atoms with Crippen molar-refractivity contribution in [2.75, 3.05) is 6.61 Å². The Labute approximate surface area is 109 Å². The summed E-state index contributed by atoms with van der Waals surface area (Å²) >= 11 is 0. The van der Waals surface area contributed by atoms with Crippen LogP contribution in [0.4, 0.5) is 4.39 Å².